The third-order valence-corrected chi connectivity index (χ3v) is 6.17. The van der Waals surface area contributed by atoms with Gasteiger partial charge in [-0.3, -0.25) is 9.79 Å². The number of guanidine groups is 1. The second-order valence-corrected chi connectivity index (χ2v) is 8.24. The number of carbonyl (C=O) groups excluding carboxylic acids is 1. The fraction of sp³-hybridized carbons (Fsp3) is 0.895. The minimum Gasteiger partial charge on any atom is -0.377 e. The number of aliphatic imine (C=N–C) groups is 1. The van der Waals surface area contributed by atoms with Gasteiger partial charge in [0.25, 0.3) is 0 Å². The quantitative estimate of drug-likeness (QED) is 0.345. The number of hydrogen-bond donors (Lipinski definition) is 2. The maximum Gasteiger partial charge on any atom is 0.248 e. The van der Waals surface area contributed by atoms with Crippen molar-refractivity contribution < 1.29 is 14.3 Å². The number of hydrogen-bond acceptors (Lipinski definition) is 4. The summed E-state index contributed by atoms with van der Waals surface area (Å²) in [5.41, 5.74) is 0.132. The zero-order valence-corrected chi connectivity index (χ0v) is 19.3. The Kier molecular flexibility index (Phi) is 8.18. The summed E-state index contributed by atoms with van der Waals surface area (Å²) in [6.45, 7) is 9.95. The molecule has 27 heavy (non-hydrogen) atoms. The van der Waals surface area contributed by atoms with Gasteiger partial charge in [0, 0.05) is 56.8 Å². The van der Waals surface area contributed by atoms with Crippen molar-refractivity contribution in [3.63, 3.8) is 0 Å². The van der Waals surface area contributed by atoms with E-state index in [-0.39, 0.29) is 41.9 Å². The maximum absolute atomic E-state index is 11.9. The van der Waals surface area contributed by atoms with Crippen LogP contribution < -0.4 is 10.6 Å². The number of nitrogens with one attached hydrogen (secondary N) is 2. The molecule has 3 rings (SSSR count). The van der Waals surface area contributed by atoms with E-state index in [9.17, 15) is 4.79 Å². The SMILES string of the molecule is CCN=C(NC1CCN(C(=O)COC)CC1)NC1C2CCOC2C1(C)C.I. The molecule has 0 aromatic carbocycles. The van der Waals surface area contributed by atoms with Gasteiger partial charge in [0.2, 0.25) is 5.91 Å². The zero-order chi connectivity index (χ0) is 18.7. The number of rotatable bonds is 5. The highest BCUT2D eigenvalue weighted by atomic mass is 127. The first-order chi connectivity index (χ1) is 12.5. The van der Waals surface area contributed by atoms with Crippen molar-refractivity contribution in [3.8, 4) is 0 Å². The molecule has 0 aromatic rings. The molecule has 2 saturated heterocycles. The van der Waals surface area contributed by atoms with Crippen molar-refractivity contribution >= 4 is 35.8 Å². The third-order valence-electron chi connectivity index (χ3n) is 6.17. The van der Waals surface area contributed by atoms with Crippen LogP contribution in [0, 0.1) is 11.3 Å². The van der Waals surface area contributed by atoms with Crippen LogP contribution in [0.1, 0.15) is 40.0 Å². The third kappa shape index (κ3) is 4.87. The first-order valence-electron chi connectivity index (χ1n) is 9.93. The van der Waals surface area contributed by atoms with Crippen LogP contribution in [0.5, 0.6) is 0 Å². The van der Waals surface area contributed by atoms with E-state index in [2.05, 4.69) is 36.4 Å². The topological polar surface area (TPSA) is 75.2 Å². The van der Waals surface area contributed by atoms with Crippen LogP contribution in [-0.4, -0.2) is 74.9 Å². The molecule has 3 fully saturated rings. The van der Waals surface area contributed by atoms with Crippen LogP contribution >= 0.6 is 24.0 Å². The number of carbonyl (C=O) groups is 1. The summed E-state index contributed by atoms with van der Waals surface area (Å²) in [4.78, 5) is 18.5. The van der Waals surface area contributed by atoms with Gasteiger partial charge in [-0.1, -0.05) is 13.8 Å². The van der Waals surface area contributed by atoms with Crippen molar-refractivity contribution in [3.05, 3.63) is 0 Å². The number of likely N-dealkylation sites (tertiary alicyclic amines) is 1. The Balaban J connectivity index is 0.00000261. The number of fused-ring (bicyclic) bond motifs is 1. The first kappa shape index (κ1) is 22.7. The molecule has 3 unspecified atom stereocenters. The van der Waals surface area contributed by atoms with E-state index in [1.807, 2.05) is 4.90 Å². The monoisotopic (exact) mass is 494 g/mol. The Bertz CT molecular complexity index is 535. The Hall–Kier alpha value is -0.610. The Morgan fingerprint density at radius 3 is 2.59 bits per heavy atom. The lowest BCUT2D eigenvalue weighted by Gasteiger charge is -2.55. The smallest absolute Gasteiger partial charge is 0.248 e. The molecule has 0 aromatic heterocycles. The molecule has 0 spiro atoms. The highest BCUT2D eigenvalue weighted by Crippen LogP contribution is 2.52. The number of methoxy groups -OCH3 is 1. The van der Waals surface area contributed by atoms with Gasteiger partial charge in [0.15, 0.2) is 5.96 Å². The molecule has 3 aliphatic rings. The molecule has 3 atom stereocenters. The molecule has 0 radical (unpaired) electrons. The van der Waals surface area contributed by atoms with Crippen LogP contribution in [0.2, 0.25) is 0 Å². The average molecular weight is 494 g/mol. The average Bonchev–Trinajstić information content (AvgIpc) is 3.08. The highest BCUT2D eigenvalue weighted by molar-refractivity contribution is 14.0. The molecule has 1 amide bonds. The fourth-order valence-corrected chi connectivity index (χ4v) is 4.74. The summed E-state index contributed by atoms with van der Waals surface area (Å²) in [5.74, 6) is 1.56. The largest absolute Gasteiger partial charge is 0.377 e. The highest BCUT2D eigenvalue weighted by Gasteiger charge is 2.59. The summed E-state index contributed by atoms with van der Waals surface area (Å²) >= 11 is 0. The van der Waals surface area contributed by atoms with E-state index >= 15 is 0 Å². The van der Waals surface area contributed by atoms with Gasteiger partial charge in [-0.15, -0.1) is 24.0 Å². The predicted molar refractivity (Wildman–Crippen MR) is 117 cm³/mol. The number of nitrogens with zero attached hydrogens (tertiary/aromatic N) is 2. The van der Waals surface area contributed by atoms with Crippen molar-refractivity contribution in [1.82, 2.24) is 15.5 Å². The van der Waals surface area contributed by atoms with Crippen LogP contribution in [0.4, 0.5) is 0 Å². The number of amides is 1. The molecule has 156 valence electrons. The minimum absolute atomic E-state index is 0. The van der Waals surface area contributed by atoms with Crippen molar-refractivity contribution in [2.24, 2.45) is 16.3 Å². The molecule has 1 aliphatic carbocycles. The summed E-state index contributed by atoms with van der Waals surface area (Å²) in [6, 6.07) is 0.745. The fourth-order valence-electron chi connectivity index (χ4n) is 4.74. The van der Waals surface area contributed by atoms with E-state index in [4.69, 9.17) is 9.47 Å². The molecule has 8 heteroatoms. The van der Waals surface area contributed by atoms with Gasteiger partial charge >= 0.3 is 0 Å². The number of ether oxygens (including phenoxy) is 2. The summed E-state index contributed by atoms with van der Waals surface area (Å²) in [5, 5.41) is 7.27. The zero-order valence-electron chi connectivity index (χ0n) is 17.0. The molecule has 7 nitrogen and oxygen atoms in total. The predicted octanol–water partition coefficient (Wildman–Crippen LogP) is 1.61. The van der Waals surface area contributed by atoms with Gasteiger partial charge in [0.05, 0.1) is 6.10 Å². The normalized spacial score (nSPS) is 30.1. The number of halogens is 1. The second kappa shape index (κ2) is 9.73. The van der Waals surface area contributed by atoms with E-state index in [0.717, 1.165) is 51.5 Å². The summed E-state index contributed by atoms with van der Waals surface area (Å²) in [7, 11) is 1.56. The van der Waals surface area contributed by atoms with Gasteiger partial charge in [-0.05, 0) is 26.2 Å². The van der Waals surface area contributed by atoms with Crippen molar-refractivity contribution in [1.29, 1.82) is 0 Å². The van der Waals surface area contributed by atoms with Crippen LogP contribution in [0.15, 0.2) is 4.99 Å². The van der Waals surface area contributed by atoms with Crippen molar-refractivity contribution in [2.45, 2.75) is 58.2 Å². The minimum atomic E-state index is 0. The number of piperidine rings is 1. The lowest BCUT2D eigenvalue weighted by Crippen LogP contribution is -2.68. The van der Waals surface area contributed by atoms with E-state index in [0.29, 0.717) is 24.1 Å². The van der Waals surface area contributed by atoms with Gasteiger partial charge < -0.3 is 25.0 Å². The molecule has 2 N–H and O–H groups in total. The van der Waals surface area contributed by atoms with Crippen LogP contribution in [0.3, 0.4) is 0 Å². The Morgan fingerprint density at radius 1 is 1.26 bits per heavy atom. The van der Waals surface area contributed by atoms with E-state index < -0.39 is 0 Å². The lowest BCUT2D eigenvalue weighted by molar-refractivity contribution is -0.136. The molecular weight excluding hydrogens is 459 g/mol. The van der Waals surface area contributed by atoms with Gasteiger partial charge in [-0.2, -0.15) is 0 Å². The Morgan fingerprint density at radius 2 is 1.96 bits per heavy atom. The molecule has 0 bridgehead atoms. The van der Waals surface area contributed by atoms with Crippen molar-refractivity contribution in [2.75, 3.05) is 40.0 Å². The Labute approximate surface area is 180 Å². The second-order valence-electron chi connectivity index (χ2n) is 8.24. The molecule has 2 aliphatic heterocycles. The molecular formula is C19H35IN4O3. The lowest BCUT2D eigenvalue weighted by atomic mass is 9.57. The van der Waals surface area contributed by atoms with Crippen LogP contribution in [-0.2, 0) is 14.3 Å². The van der Waals surface area contributed by atoms with Gasteiger partial charge in [-0.25, -0.2) is 0 Å². The first-order valence-corrected chi connectivity index (χ1v) is 9.93. The van der Waals surface area contributed by atoms with Gasteiger partial charge in [0.1, 0.15) is 6.61 Å². The van der Waals surface area contributed by atoms with E-state index in [1.54, 1.807) is 7.11 Å². The van der Waals surface area contributed by atoms with E-state index in [1.165, 1.54) is 0 Å². The maximum atomic E-state index is 11.9. The molecule has 1 saturated carbocycles. The van der Waals surface area contributed by atoms with Crippen LogP contribution in [0.25, 0.3) is 0 Å². The standard InChI is InChI=1S/C19H34N4O3.HI/c1-5-20-18(22-16-14-8-11-26-17(14)19(16,2)3)21-13-6-9-23(10-7-13)15(24)12-25-4;/h13-14,16-17H,5-12H2,1-4H3,(H2,20,21,22);1H. The molecule has 2 heterocycles. The summed E-state index contributed by atoms with van der Waals surface area (Å²) < 4.78 is 10.8. The summed E-state index contributed by atoms with van der Waals surface area (Å²) in [6.07, 6.45) is 3.37.